The predicted molar refractivity (Wildman–Crippen MR) is 80.9 cm³/mol. The molecule has 0 spiro atoms. The van der Waals surface area contributed by atoms with E-state index < -0.39 is 0 Å². The molecular formula is C15H20ClN3O. The summed E-state index contributed by atoms with van der Waals surface area (Å²) >= 11 is 6.26. The van der Waals surface area contributed by atoms with E-state index in [9.17, 15) is 0 Å². The van der Waals surface area contributed by atoms with Gasteiger partial charge in [0.05, 0.1) is 10.6 Å². The van der Waals surface area contributed by atoms with Gasteiger partial charge in [-0.2, -0.15) is 0 Å². The second-order valence-electron chi connectivity index (χ2n) is 5.15. The lowest BCUT2D eigenvalue weighted by Crippen LogP contribution is -2.23. The van der Waals surface area contributed by atoms with Crippen LogP contribution in [-0.2, 0) is 6.42 Å². The van der Waals surface area contributed by atoms with Crippen LogP contribution in [0.4, 0.5) is 0 Å². The van der Waals surface area contributed by atoms with Crippen LogP contribution < -0.4 is 5.32 Å². The second kappa shape index (κ2) is 6.86. The highest BCUT2D eigenvalue weighted by atomic mass is 35.5. The monoisotopic (exact) mass is 293 g/mol. The number of benzene rings is 1. The lowest BCUT2D eigenvalue weighted by molar-refractivity contribution is 0.484. The maximum absolute atomic E-state index is 6.26. The van der Waals surface area contributed by atoms with Gasteiger partial charge in [0.15, 0.2) is 0 Å². The molecular weight excluding hydrogens is 274 g/mol. The first-order valence-electron chi connectivity index (χ1n) is 6.89. The first kappa shape index (κ1) is 15.0. The predicted octanol–water partition coefficient (Wildman–Crippen LogP) is 3.63. The number of hydrogen-bond donors (Lipinski definition) is 1. The van der Waals surface area contributed by atoms with Crippen LogP contribution in [0, 0.1) is 6.92 Å². The van der Waals surface area contributed by atoms with Crippen LogP contribution in [0.25, 0.3) is 11.5 Å². The average Bonchev–Trinajstić information content (AvgIpc) is 2.86. The zero-order valence-electron chi connectivity index (χ0n) is 12.1. The van der Waals surface area contributed by atoms with Crippen LogP contribution in [0.5, 0.6) is 0 Å². The van der Waals surface area contributed by atoms with Gasteiger partial charge in [-0.05, 0) is 31.5 Å². The highest BCUT2D eigenvalue weighted by molar-refractivity contribution is 6.33. The van der Waals surface area contributed by atoms with E-state index in [1.165, 1.54) is 0 Å². The molecule has 0 aliphatic carbocycles. The van der Waals surface area contributed by atoms with Crippen LogP contribution in [-0.4, -0.2) is 22.8 Å². The molecule has 4 nitrogen and oxygen atoms in total. The molecule has 2 rings (SSSR count). The fourth-order valence-electron chi connectivity index (χ4n) is 1.91. The van der Waals surface area contributed by atoms with E-state index in [-0.39, 0.29) is 0 Å². The SMILES string of the molecule is Cc1cccc(-c2nnc(CCCNC(C)C)o2)c1Cl. The minimum atomic E-state index is 0.491. The van der Waals surface area contributed by atoms with E-state index in [4.69, 9.17) is 16.0 Å². The third-order valence-electron chi connectivity index (χ3n) is 3.01. The molecule has 0 aliphatic heterocycles. The number of aromatic nitrogens is 2. The number of nitrogens with one attached hydrogen (secondary N) is 1. The summed E-state index contributed by atoms with van der Waals surface area (Å²) in [6, 6.07) is 6.29. The molecule has 2 aromatic rings. The number of rotatable bonds is 6. The quantitative estimate of drug-likeness (QED) is 0.826. The summed E-state index contributed by atoms with van der Waals surface area (Å²) in [4.78, 5) is 0. The van der Waals surface area contributed by atoms with Crippen molar-refractivity contribution >= 4 is 11.6 Å². The minimum Gasteiger partial charge on any atom is -0.421 e. The van der Waals surface area contributed by atoms with Crippen molar-refractivity contribution < 1.29 is 4.42 Å². The van der Waals surface area contributed by atoms with Gasteiger partial charge in [-0.25, -0.2) is 0 Å². The summed E-state index contributed by atoms with van der Waals surface area (Å²) in [5.41, 5.74) is 1.80. The Morgan fingerprint density at radius 3 is 2.85 bits per heavy atom. The maximum Gasteiger partial charge on any atom is 0.249 e. The molecule has 1 heterocycles. The first-order chi connectivity index (χ1) is 9.58. The highest BCUT2D eigenvalue weighted by Gasteiger charge is 2.12. The van der Waals surface area contributed by atoms with Gasteiger partial charge >= 0.3 is 0 Å². The average molecular weight is 294 g/mol. The van der Waals surface area contributed by atoms with E-state index in [0.29, 0.717) is 22.8 Å². The topological polar surface area (TPSA) is 51.0 Å². The molecule has 0 atom stereocenters. The van der Waals surface area contributed by atoms with Crippen LogP contribution in [0.2, 0.25) is 5.02 Å². The lowest BCUT2D eigenvalue weighted by atomic mass is 10.1. The highest BCUT2D eigenvalue weighted by Crippen LogP contribution is 2.29. The van der Waals surface area contributed by atoms with Crippen molar-refractivity contribution in [3.05, 3.63) is 34.7 Å². The Morgan fingerprint density at radius 1 is 1.30 bits per heavy atom. The molecule has 0 saturated heterocycles. The zero-order chi connectivity index (χ0) is 14.5. The molecule has 5 heteroatoms. The van der Waals surface area contributed by atoms with Crippen molar-refractivity contribution in [2.24, 2.45) is 0 Å². The Morgan fingerprint density at radius 2 is 2.10 bits per heavy atom. The van der Waals surface area contributed by atoms with Crippen molar-refractivity contribution in [3.8, 4) is 11.5 Å². The Bertz CT molecular complexity index is 566. The summed E-state index contributed by atoms with van der Waals surface area (Å²) < 4.78 is 5.68. The summed E-state index contributed by atoms with van der Waals surface area (Å²) in [7, 11) is 0. The second-order valence-corrected chi connectivity index (χ2v) is 5.53. The van der Waals surface area contributed by atoms with Crippen molar-refractivity contribution in [2.45, 2.75) is 39.7 Å². The standard InChI is InChI=1S/C15H20ClN3O/c1-10(2)17-9-5-8-13-18-19-15(20-13)12-7-4-6-11(3)14(12)16/h4,6-7,10,17H,5,8-9H2,1-3H3. The van der Waals surface area contributed by atoms with Gasteiger partial charge in [0, 0.05) is 12.5 Å². The summed E-state index contributed by atoms with van der Waals surface area (Å²) in [5.74, 6) is 1.15. The van der Waals surface area contributed by atoms with E-state index >= 15 is 0 Å². The molecule has 0 bridgehead atoms. The fourth-order valence-corrected chi connectivity index (χ4v) is 2.11. The third-order valence-corrected chi connectivity index (χ3v) is 3.51. The molecule has 1 aromatic heterocycles. The molecule has 0 unspecified atom stereocenters. The Kier molecular flexibility index (Phi) is 5.15. The zero-order valence-corrected chi connectivity index (χ0v) is 12.9. The van der Waals surface area contributed by atoms with Gasteiger partial charge in [-0.3, -0.25) is 0 Å². The molecule has 1 N–H and O–H groups in total. The summed E-state index contributed by atoms with van der Waals surface area (Å²) in [6.07, 6.45) is 1.75. The van der Waals surface area contributed by atoms with Gasteiger partial charge in [0.25, 0.3) is 0 Å². The Hall–Kier alpha value is -1.39. The molecule has 108 valence electrons. The Balaban J connectivity index is 2.00. The summed E-state index contributed by atoms with van der Waals surface area (Å²) in [5, 5.41) is 12.2. The minimum absolute atomic E-state index is 0.491. The number of halogens is 1. The Labute approximate surface area is 124 Å². The molecule has 0 fully saturated rings. The number of aryl methyl sites for hydroxylation is 2. The van der Waals surface area contributed by atoms with Gasteiger partial charge in [0.1, 0.15) is 0 Å². The molecule has 0 amide bonds. The lowest BCUT2D eigenvalue weighted by Gasteiger charge is -2.05. The van der Waals surface area contributed by atoms with Gasteiger partial charge < -0.3 is 9.73 Å². The number of nitrogens with zero attached hydrogens (tertiary/aromatic N) is 2. The smallest absolute Gasteiger partial charge is 0.249 e. The normalized spacial score (nSPS) is 11.2. The molecule has 0 saturated carbocycles. The molecule has 20 heavy (non-hydrogen) atoms. The third kappa shape index (κ3) is 3.81. The molecule has 1 aromatic carbocycles. The molecule has 0 aliphatic rings. The first-order valence-corrected chi connectivity index (χ1v) is 7.27. The fraction of sp³-hybridized carbons (Fsp3) is 0.467. The van der Waals surface area contributed by atoms with E-state index in [1.807, 2.05) is 25.1 Å². The van der Waals surface area contributed by atoms with Crippen LogP contribution in [0.3, 0.4) is 0 Å². The van der Waals surface area contributed by atoms with Gasteiger partial charge in [-0.15, -0.1) is 10.2 Å². The number of hydrogen-bond acceptors (Lipinski definition) is 4. The van der Waals surface area contributed by atoms with Crippen molar-refractivity contribution in [1.82, 2.24) is 15.5 Å². The summed E-state index contributed by atoms with van der Waals surface area (Å²) in [6.45, 7) is 7.16. The van der Waals surface area contributed by atoms with Gasteiger partial charge in [-0.1, -0.05) is 37.6 Å². The molecule has 0 radical (unpaired) electrons. The van der Waals surface area contributed by atoms with E-state index in [0.717, 1.165) is 30.5 Å². The van der Waals surface area contributed by atoms with Crippen LogP contribution >= 0.6 is 11.6 Å². The van der Waals surface area contributed by atoms with Crippen molar-refractivity contribution in [3.63, 3.8) is 0 Å². The van der Waals surface area contributed by atoms with Gasteiger partial charge in [0.2, 0.25) is 11.8 Å². The van der Waals surface area contributed by atoms with E-state index in [1.54, 1.807) is 0 Å². The maximum atomic E-state index is 6.26. The van der Waals surface area contributed by atoms with Crippen LogP contribution in [0.1, 0.15) is 31.7 Å². The van der Waals surface area contributed by atoms with E-state index in [2.05, 4.69) is 29.4 Å². The van der Waals surface area contributed by atoms with Crippen LogP contribution in [0.15, 0.2) is 22.6 Å². The largest absolute Gasteiger partial charge is 0.421 e. The van der Waals surface area contributed by atoms with Crippen molar-refractivity contribution in [1.29, 1.82) is 0 Å². The van der Waals surface area contributed by atoms with Crippen molar-refractivity contribution in [2.75, 3.05) is 6.54 Å².